The van der Waals surface area contributed by atoms with Gasteiger partial charge < -0.3 is 19.9 Å². The van der Waals surface area contributed by atoms with Crippen molar-refractivity contribution in [3.05, 3.63) is 42.0 Å². The smallest absolute Gasteiger partial charge is 0.389 e. The van der Waals surface area contributed by atoms with E-state index in [9.17, 15) is 22.7 Å². The number of hydrogen-bond acceptors (Lipinski definition) is 7. The minimum Gasteiger partial charge on any atom is -0.389 e. The first kappa shape index (κ1) is 22.4. The fraction of sp³-hybridized carbons (Fsp3) is 0.450. The lowest BCUT2D eigenvalue weighted by Gasteiger charge is -2.30. The van der Waals surface area contributed by atoms with Gasteiger partial charge in [-0.15, -0.1) is 5.10 Å². The molecule has 1 saturated heterocycles. The number of aliphatic hydroxyl groups excluding tert-OH is 1. The molecule has 3 aromatic rings. The Morgan fingerprint density at radius 3 is 2.66 bits per heavy atom. The number of nitrogens with one attached hydrogen (secondary N) is 1. The lowest BCUT2D eigenvalue weighted by atomic mass is 9.96. The van der Waals surface area contributed by atoms with Crippen molar-refractivity contribution in [1.29, 1.82) is 0 Å². The second-order valence-electron chi connectivity index (χ2n) is 7.61. The standard InChI is InChI=1S/C20H21F4N5O3/c1-19(31-2,20(22,23)24)11-3-4-13(25-8-11)15-7-12(21)16-9-26-18(28-29(15)16)27-14-5-6-32-10-17(14)30/h3-4,7-9,14,17,30H,5-6,10H2,1-2H3,(H,27,28)/t14-,17-,19?/m1/s1. The van der Waals surface area contributed by atoms with E-state index in [1.807, 2.05) is 0 Å². The van der Waals surface area contributed by atoms with Gasteiger partial charge in [-0.05, 0) is 19.4 Å². The molecule has 12 heteroatoms. The van der Waals surface area contributed by atoms with Crippen LogP contribution in [0.2, 0.25) is 0 Å². The Morgan fingerprint density at radius 1 is 1.25 bits per heavy atom. The molecule has 2 N–H and O–H groups in total. The molecule has 4 rings (SSSR count). The van der Waals surface area contributed by atoms with Gasteiger partial charge in [0.05, 0.1) is 36.3 Å². The molecule has 0 amide bonds. The highest BCUT2D eigenvalue weighted by atomic mass is 19.4. The number of hydrogen-bond donors (Lipinski definition) is 2. The van der Waals surface area contributed by atoms with Gasteiger partial charge in [0, 0.05) is 31.5 Å². The van der Waals surface area contributed by atoms with Crippen LogP contribution >= 0.6 is 0 Å². The van der Waals surface area contributed by atoms with Crippen molar-refractivity contribution in [3.63, 3.8) is 0 Å². The zero-order chi connectivity index (χ0) is 23.1. The van der Waals surface area contributed by atoms with Gasteiger partial charge in [-0.1, -0.05) is 6.07 Å². The van der Waals surface area contributed by atoms with Crippen LogP contribution in [0.1, 0.15) is 18.9 Å². The molecule has 0 radical (unpaired) electrons. The van der Waals surface area contributed by atoms with Crippen molar-refractivity contribution in [2.75, 3.05) is 25.6 Å². The highest BCUT2D eigenvalue weighted by molar-refractivity contribution is 5.64. The number of nitrogens with zero attached hydrogens (tertiary/aromatic N) is 4. The number of aliphatic hydroxyl groups is 1. The molecule has 0 aromatic carbocycles. The molecule has 1 aliphatic rings. The van der Waals surface area contributed by atoms with Gasteiger partial charge in [-0.3, -0.25) is 4.98 Å². The van der Waals surface area contributed by atoms with E-state index in [0.717, 1.165) is 20.2 Å². The quantitative estimate of drug-likeness (QED) is 0.572. The van der Waals surface area contributed by atoms with Crippen LogP contribution in [0.4, 0.5) is 23.5 Å². The van der Waals surface area contributed by atoms with Crippen LogP contribution in [0.5, 0.6) is 0 Å². The van der Waals surface area contributed by atoms with Gasteiger partial charge in [-0.2, -0.15) is 13.2 Å². The van der Waals surface area contributed by atoms with E-state index in [1.165, 1.54) is 28.9 Å². The number of rotatable bonds is 5. The summed E-state index contributed by atoms with van der Waals surface area (Å²) in [6, 6.07) is 3.42. The molecule has 1 fully saturated rings. The number of methoxy groups -OCH3 is 1. The topological polar surface area (TPSA) is 93.8 Å². The number of ether oxygens (including phenoxy) is 2. The maximum Gasteiger partial charge on any atom is 0.421 e. The first-order chi connectivity index (χ1) is 15.1. The molecule has 1 unspecified atom stereocenters. The lowest BCUT2D eigenvalue weighted by Crippen LogP contribution is -2.42. The van der Waals surface area contributed by atoms with E-state index < -0.39 is 23.7 Å². The molecule has 0 spiro atoms. The predicted octanol–water partition coefficient (Wildman–Crippen LogP) is 2.92. The molecular formula is C20H21F4N5O3. The van der Waals surface area contributed by atoms with Crippen molar-refractivity contribution in [3.8, 4) is 11.4 Å². The third-order valence-electron chi connectivity index (χ3n) is 5.64. The second-order valence-corrected chi connectivity index (χ2v) is 7.61. The maximum atomic E-state index is 14.4. The number of aromatic nitrogens is 4. The summed E-state index contributed by atoms with van der Waals surface area (Å²) < 4.78 is 65.9. The fourth-order valence-electron chi connectivity index (χ4n) is 3.48. The van der Waals surface area contributed by atoms with E-state index in [1.54, 1.807) is 0 Å². The minimum absolute atomic E-state index is 0.0703. The number of halogens is 4. The fourth-order valence-corrected chi connectivity index (χ4v) is 3.48. The van der Waals surface area contributed by atoms with E-state index in [4.69, 9.17) is 9.47 Å². The molecule has 32 heavy (non-hydrogen) atoms. The molecule has 3 atom stereocenters. The van der Waals surface area contributed by atoms with Gasteiger partial charge >= 0.3 is 6.18 Å². The maximum absolute atomic E-state index is 14.4. The van der Waals surface area contributed by atoms with Crippen LogP contribution < -0.4 is 5.32 Å². The Balaban J connectivity index is 1.68. The van der Waals surface area contributed by atoms with E-state index in [0.29, 0.717) is 13.0 Å². The average Bonchev–Trinajstić information content (AvgIpc) is 3.10. The van der Waals surface area contributed by atoms with Gasteiger partial charge in [0.15, 0.2) is 11.4 Å². The van der Waals surface area contributed by atoms with Gasteiger partial charge in [0.25, 0.3) is 0 Å². The van der Waals surface area contributed by atoms with Crippen molar-refractivity contribution in [1.82, 2.24) is 19.6 Å². The van der Waals surface area contributed by atoms with Gasteiger partial charge in [0.2, 0.25) is 5.95 Å². The summed E-state index contributed by atoms with van der Waals surface area (Å²) in [5.41, 5.74) is -2.21. The zero-order valence-corrected chi connectivity index (χ0v) is 17.2. The number of alkyl halides is 3. The van der Waals surface area contributed by atoms with Crippen molar-refractivity contribution < 1.29 is 32.1 Å². The summed E-state index contributed by atoms with van der Waals surface area (Å²) >= 11 is 0. The highest BCUT2D eigenvalue weighted by Crippen LogP contribution is 2.41. The molecule has 0 aliphatic carbocycles. The predicted molar refractivity (Wildman–Crippen MR) is 105 cm³/mol. The summed E-state index contributed by atoms with van der Waals surface area (Å²) in [7, 11) is 0.970. The third-order valence-corrected chi connectivity index (χ3v) is 5.64. The number of fused-ring (bicyclic) bond motifs is 1. The first-order valence-corrected chi connectivity index (χ1v) is 9.79. The van der Waals surface area contributed by atoms with E-state index >= 15 is 0 Å². The Bertz CT molecular complexity index is 1110. The third kappa shape index (κ3) is 3.89. The molecule has 8 nitrogen and oxygen atoms in total. The minimum atomic E-state index is -4.65. The van der Waals surface area contributed by atoms with Gasteiger partial charge in [-0.25, -0.2) is 13.9 Å². The van der Waals surface area contributed by atoms with Gasteiger partial charge in [0.1, 0.15) is 5.52 Å². The van der Waals surface area contributed by atoms with Crippen molar-refractivity contribution in [2.24, 2.45) is 0 Å². The summed E-state index contributed by atoms with van der Waals surface area (Å²) in [4.78, 5) is 8.18. The molecule has 172 valence electrons. The Hall–Kier alpha value is -2.83. The number of anilines is 1. The molecule has 0 saturated carbocycles. The normalized spacial score (nSPS) is 21.5. The lowest BCUT2D eigenvalue weighted by molar-refractivity contribution is -0.269. The van der Waals surface area contributed by atoms with Crippen LogP contribution in [-0.4, -0.2) is 63.3 Å². The molecular weight excluding hydrogens is 434 g/mol. The van der Waals surface area contributed by atoms with Crippen LogP contribution in [0.15, 0.2) is 30.6 Å². The monoisotopic (exact) mass is 455 g/mol. The van der Waals surface area contributed by atoms with E-state index in [2.05, 4.69) is 20.4 Å². The summed E-state index contributed by atoms with van der Waals surface area (Å²) in [5.74, 6) is -0.457. The van der Waals surface area contributed by atoms with Crippen LogP contribution in [0, 0.1) is 5.82 Å². The Morgan fingerprint density at radius 2 is 2.03 bits per heavy atom. The Labute approximate surface area is 180 Å². The van der Waals surface area contributed by atoms with Crippen LogP contribution in [-0.2, 0) is 15.1 Å². The van der Waals surface area contributed by atoms with Crippen LogP contribution in [0.3, 0.4) is 0 Å². The number of pyridine rings is 1. The molecule has 1 aliphatic heterocycles. The first-order valence-electron chi connectivity index (χ1n) is 9.79. The van der Waals surface area contributed by atoms with E-state index in [-0.39, 0.29) is 41.1 Å². The summed E-state index contributed by atoms with van der Waals surface area (Å²) in [6.45, 7) is 1.55. The zero-order valence-electron chi connectivity index (χ0n) is 17.2. The second kappa shape index (κ2) is 8.26. The summed E-state index contributed by atoms with van der Waals surface area (Å²) in [6.07, 6.45) is -2.54. The summed E-state index contributed by atoms with van der Waals surface area (Å²) in [5, 5.41) is 17.3. The molecule has 0 bridgehead atoms. The molecule has 4 heterocycles. The van der Waals surface area contributed by atoms with Crippen LogP contribution in [0.25, 0.3) is 16.9 Å². The Kier molecular flexibility index (Phi) is 5.77. The average molecular weight is 455 g/mol. The van der Waals surface area contributed by atoms with Crippen molar-refractivity contribution in [2.45, 2.75) is 37.3 Å². The SMILES string of the molecule is COC(C)(c1ccc(-c2cc(F)c3cnc(N[C@@H]4CCOC[C@H]4O)nn23)nc1)C(F)(F)F. The largest absolute Gasteiger partial charge is 0.421 e. The van der Waals surface area contributed by atoms with Crippen molar-refractivity contribution >= 4 is 11.5 Å². The highest BCUT2D eigenvalue weighted by Gasteiger charge is 2.53. The molecule has 3 aromatic heterocycles.